The third-order valence-corrected chi connectivity index (χ3v) is 4.20. The number of isocyanates is 1. The van der Waals surface area contributed by atoms with Crippen molar-refractivity contribution in [2.75, 3.05) is 13.2 Å². The molecule has 0 radical (unpaired) electrons. The van der Waals surface area contributed by atoms with Crippen molar-refractivity contribution >= 4 is 29.3 Å². The van der Waals surface area contributed by atoms with Gasteiger partial charge < -0.3 is 9.47 Å². The van der Waals surface area contributed by atoms with Gasteiger partial charge in [0.25, 0.3) is 0 Å². The van der Waals surface area contributed by atoms with Gasteiger partial charge in [-0.3, -0.25) is 14.4 Å². The standard InChI is InChI=1S/C23H23NO6/c1-2-29-22(27)14-11-20(26)4-3-15-30-21-12-7-18(8-13-21)23(28)17-5-9-19(10-6-17)24-16-25/h5-10,12-13H,2-4,11,14-15H2,1H3. The number of carbonyl (C=O) groups is 3. The van der Waals surface area contributed by atoms with Crippen LogP contribution in [0.15, 0.2) is 53.5 Å². The SMILES string of the molecule is CCOC(=O)CCC(=O)CCCOc1ccc(C(=O)c2ccc(N=C=O)cc2)cc1. The van der Waals surface area contributed by atoms with Gasteiger partial charge in [-0.15, -0.1) is 0 Å². The molecule has 0 spiro atoms. The Hall–Kier alpha value is -3.57. The fourth-order valence-corrected chi connectivity index (χ4v) is 2.67. The second kappa shape index (κ2) is 12.1. The average molecular weight is 409 g/mol. The maximum Gasteiger partial charge on any atom is 0.306 e. The monoisotopic (exact) mass is 409 g/mol. The van der Waals surface area contributed by atoms with Gasteiger partial charge in [-0.1, -0.05) is 0 Å². The molecule has 0 amide bonds. The lowest BCUT2D eigenvalue weighted by Gasteiger charge is -2.07. The highest BCUT2D eigenvalue weighted by Crippen LogP contribution is 2.18. The van der Waals surface area contributed by atoms with E-state index in [4.69, 9.17) is 9.47 Å². The Kier molecular flexibility index (Phi) is 9.16. The molecule has 30 heavy (non-hydrogen) atoms. The minimum absolute atomic E-state index is 0.00236. The molecule has 2 aromatic rings. The van der Waals surface area contributed by atoms with Crippen LogP contribution >= 0.6 is 0 Å². The van der Waals surface area contributed by atoms with Crippen molar-refractivity contribution in [2.45, 2.75) is 32.6 Å². The quantitative estimate of drug-likeness (QED) is 0.173. The summed E-state index contributed by atoms with van der Waals surface area (Å²) in [4.78, 5) is 49.2. The van der Waals surface area contributed by atoms with Crippen LogP contribution in [0.3, 0.4) is 0 Å². The first kappa shape index (κ1) is 22.7. The molecule has 0 bridgehead atoms. The van der Waals surface area contributed by atoms with Gasteiger partial charge in [-0.05, 0) is 61.9 Å². The first-order chi connectivity index (χ1) is 14.5. The zero-order chi connectivity index (χ0) is 21.8. The van der Waals surface area contributed by atoms with Crippen molar-refractivity contribution in [3.8, 4) is 5.75 Å². The Morgan fingerprint density at radius 2 is 1.53 bits per heavy atom. The number of hydrogen-bond donors (Lipinski definition) is 0. The van der Waals surface area contributed by atoms with E-state index in [0.29, 0.717) is 48.6 Å². The fraction of sp³-hybridized carbons (Fsp3) is 0.304. The van der Waals surface area contributed by atoms with Gasteiger partial charge in [-0.2, -0.15) is 4.99 Å². The maximum atomic E-state index is 12.5. The number of benzene rings is 2. The molecule has 0 atom stereocenters. The number of nitrogens with zero attached hydrogens (tertiary/aromatic N) is 1. The number of hydrogen-bond acceptors (Lipinski definition) is 7. The lowest BCUT2D eigenvalue weighted by molar-refractivity contribution is -0.144. The largest absolute Gasteiger partial charge is 0.494 e. The molecular weight excluding hydrogens is 386 g/mol. The van der Waals surface area contributed by atoms with Crippen LogP contribution in [0, 0.1) is 0 Å². The van der Waals surface area contributed by atoms with E-state index in [-0.39, 0.29) is 30.4 Å². The summed E-state index contributed by atoms with van der Waals surface area (Å²) in [5, 5.41) is 0. The molecule has 0 saturated heterocycles. The fourth-order valence-electron chi connectivity index (χ4n) is 2.67. The topological polar surface area (TPSA) is 99.1 Å². The average Bonchev–Trinajstić information content (AvgIpc) is 2.76. The first-order valence-electron chi connectivity index (χ1n) is 9.66. The van der Waals surface area contributed by atoms with Crippen molar-refractivity contribution in [3.63, 3.8) is 0 Å². The highest BCUT2D eigenvalue weighted by molar-refractivity contribution is 6.09. The normalized spacial score (nSPS) is 10.0. The van der Waals surface area contributed by atoms with Gasteiger partial charge in [0.2, 0.25) is 6.08 Å². The number of carbonyl (C=O) groups excluding carboxylic acids is 4. The zero-order valence-corrected chi connectivity index (χ0v) is 16.8. The number of aliphatic imine (C=N–C) groups is 1. The minimum Gasteiger partial charge on any atom is -0.494 e. The lowest BCUT2D eigenvalue weighted by Crippen LogP contribution is -2.08. The molecule has 0 unspecified atom stereocenters. The van der Waals surface area contributed by atoms with Gasteiger partial charge in [0.1, 0.15) is 11.5 Å². The third kappa shape index (κ3) is 7.45. The van der Waals surface area contributed by atoms with Crippen LogP contribution in [0.5, 0.6) is 5.75 Å². The summed E-state index contributed by atoms with van der Waals surface area (Å²) in [5.74, 6) is 0.0798. The Balaban J connectivity index is 1.76. The third-order valence-electron chi connectivity index (χ3n) is 4.20. The van der Waals surface area contributed by atoms with Crippen molar-refractivity contribution in [1.82, 2.24) is 0 Å². The summed E-state index contributed by atoms with van der Waals surface area (Å²) in [5.41, 5.74) is 1.42. The van der Waals surface area contributed by atoms with Crippen molar-refractivity contribution in [3.05, 3.63) is 59.7 Å². The Morgan fingerprint density at radius 1 is 0.900 bits per heavy atom. The molecule has 156 valence electrons. The van der Waals surface area contributed by atoms with Gasteiger partial charge in [-0.25, -0.2) is 4.79 Å². The molecule has 0 aromatic heterocycles. The Bertz CT molecular complexity index is 912. The van der Waals surface area contributed by atoms with E-state index in [0.717, 1.165) is 0 Å². The van der Waals surface area contributed by atoms with Crippen LogP contribution in [-0.2, 0) is 19.1 Å². The van der Waals surface area contributed by atoms with Crippen LogP contribution in [0.2, 0.25) is 0 Å². The minimum atomic E-state index is -0.359. The van der Waals surface area contributed by atoms with Crippen LogP contribution < -0.4 is 4.74 Å². The van der Waals surface area contributed by atoms with Gasteiger partial charge in [0.05, 0.1) is 25.3 Å². The van der Waals surface area contributed by atoms with Gasteiger partial charge in [0, 0.05) is 24.0 Å². The van der Waals surface area contributed by atoms with E-state index in [1.807, 2.05) is 0 Å². The summed E-state index contributed by atoms with van der Waals surface area (Å²) < 4.78 is 10.4. The molecule has 0 N–H and O–H groups in total. The molecule has 0 aliphatic heterocycles. The van der Waals surface area contributed by atoms with E-state index in [1.165, 1.54) is 6.08 Å². The molecule has 0 heterocycles. The van der Waals surface area contributed by atoms with Crippen molar-refractivity contribution in [1.29, 1.82) is 0 Å². The highest BCUT2D eigenvalue weighted by atomic mass is 16.5. The highest BCUT2D eigenvalue weighted by Gasteiger charge is 2.10. The van der Waals surface area contributed by atoms with Crippen LogP contribution in [0.1, 0.15) is 48.5 Å². The Labute approximate surface area is 174 Å². The predicted octanol–water partition coefficient (Wildman–Crippen LogP) is 3.96. The summed E-state index contributed by atoms with van der Waals surface area (Å²) in [6.45, 7) is 2.40. The summed E-state index contributed by atoms with van der Waals surface area (Å²) in [6.07, 6.45) is 2.61. The molecule has 0 aliphatic carbocycles. The zero-order valence-electron chi connectivity index (χ0n) is 16.8. The number of esters is 1. The van der Waals surface area contributed by atoms with Crippen molar-refractivity contribution in [2.24, 2.45) is 4.99 Å². The van der Waals surface area contributed by atoms with E-state index in [9.17, 15) is 19.2 Å². The van der Waals surface area contributed by atoms with E-state index < -0.39 is 0 Å². The lowest BCUT2D eigenvalue weighted by atomic mass is 10.0. The second-order valence-electron chi connectivity index (χ2n) is 6.40. The van der Waals surface area contributed by atoms with Crippen molar-refractivity contribution < 1.29 is 28.7 Å². The number of rotatable bonds is 12. The molecule has 2 aromatic carbocycles. The number of ether oxygens (including phenoxy) is 2. The summed E-state index contributed by atoms with van der Waals surface area (Å²) in [6, 6.07) is 13.1. The van der Waals surface area contributed by atoms with E-state index in [2.05, 4.69) is 4.99 Å². The second-order valence-corrected chi connectivity index (χ2v) is 6.40. The summed E-state index contributed by atoms with van der Waals surface area (Å²) in [7, 11) is 0. The molecule has 2 rings (SSSR count). The molecule has 7 heteroatoms. The molecule has 0 saturated carbocycles. The predicted molar refractivity (Wildman–Crippen MR) is 110 cm³/mol. The number of Topliss-reactive ketones (excluding diaryl/α,β-unsaturated/α-hetero) is 1. The molecule has 0 aliphatic rings. The molecular formula is C23H23NO6. The van der Waals surface area contributed by atoms with Gasteiger partial charge >= 0.3 is 5.97 Å². The summed E-state index contributed by atoms with van der Waals surface area (Å²) >= 11 is 0. The van der Waals surface area contributed by atoms with Gasteiger partial charge in [0.15, 0.2) is 5.78 Å². The first-order valence-corrected chi connectivity index (χ1v) is 9.66. The molecule has 0 fully saturated rings. The van der Waals surface area contributed by atoms with Crippen LogP contribution in [0.25, 0.3) is 0 Å². The van der Waals surface area contributed by atoms with Crippen LogP contribution in [-0.4, -0.2) is 36.8 Å². The van der Waals surface area contributed by atoms with Crippen LogP contribution in [0.4, 0.5) is 5.69 Å². The maximum absolute atomic E-state index is 12.5. The number of ketones is 2. The molecule has 7 nitrogen and oxygen atoms in total. The van der Waals surface area contributed by atoms with E-state index in [1.54, 1.807) is 55.5 Å². The van der Waals surface area contributed by atoms with E-state index >= 15 is 0 Å². The smallest absolute Gasteiger partial charge is 0.306 e. The Morgan fingerprint density at radius 3 is 2.13 bits per heavy atom.